The van der Waals surface area contributed by atoms with Crippen LogP contribution >= 0.6 is 0 Å². The van der Waals surface area contributed by atoms with Gasteiger partial charge in [0.15, 0.2) is 0 Å². The summed E-state index contributed by atoms with van der Waals surface area (Å²) in [5, 5.41) is 0. The summed E-state index contributed by atoms with van der Waals surface area (Å²) in [6.07, 6.45) is 0. The van der Waals surface area contributed by atoms with Crippen LogP contribution in [0.15, 0.2) is 30.3 Å². The van der Waals surface area contributed by atoms with Gasteiger partial charge >= 0.3 is 5.97 Å². The highest BCUT2D eigenvalue weighted by Gasteiger charge is 2.04. The first-order valence-electron chi connectivity index (χ1n) is 3.98. The molecule has 0 saturated heterocycles. The fraction of sp³-hybridized carbons (Fsp3) is 0.222. The van der Waals surface area contributed by atoms with E-state index in [1.807, 2.05) is 0 Å². The third-order valence-electron chi connectivity index (χ3n) is 1.49. The second-order valence-electron chi connectivity index (χ2n) is 2.51. The zero-order chi connectivity index (χ0) is 10.4. The van der Waals surface area contributed by atoms with Crippen LogP contribution in [-0.4, -0.2) is 27.1 Å². The van der Waals surface area contributed by atoms with Gasteiger partial charge in [0.25, 0.3) is 0 Å². The zero-order valence-electron chi connectivity index (χ0n) is 7.34. The van der Waals surface area contributed by atoms with Crippen LogP contribution in [0, 0.1) is 0 Å². The van der Waals surface area contributed by atoms with Crippen LogP contribution in [0.4, 0.5) is 0 Å². The molecule has 1 aromatic carbocycles. The molecule has 0 radical (unpaired) electrons. The smallest absolute Gasteiger partial charge is 0.338 e. The number of rotatable bonds is 4. The van der Waals surface area contributed by atoms with E-state index in [4.69, 9.17) is 4.74 Å². The Labute approximate surface area is 84.2 Å². The first kappa shape index (κ1) is 10.9. The quantitative estimate of drug-likeness (QED) is 0.546. The standard InChI is InChI=1S/C9H10O4S/c10-9(13-6-7-14(11)12)8-4-2-1-3-5-8/h1-5H,6-7H2,(H,11,12)/p-1. The van der Waals surface area contributed by atoms with Crippen LogP contribution in [0.2, 0.25) is 0 Å². The van der Waals surface area contributed by atoms with Crippen molar-refractivity contribution in [1.29, 1.82) is 0 Å². The lowest BCUT2D eigenvalue weighted by Crippen LogP contribution is -2.11. The molecule has 0 fully saturated rings. The largest absolute Gasteiger partial charge is 0.772 e. The number of benzene rings is 1. The van der Waals surface area contributed by atoms with Gasteiger partial charge < -0.3 is 9.29 Å². The maximum atomic E-state index is 11.2. The molecule has 14 heavy (non-hydrogen) atoms. The van der Waals surface area contributed by atoms with Gasteiger partial charge in [0.05, 0.1) is 5.56 Å². The number of carbonyl (C=O) groups is 1. The van der Waals surface area contributed by atoms with Crippen molar-refractivity contribution < 1.29 is 18.3 Å². The van der Waals surface area contributed by atoms with E-state index in [-0.39, 0.29) is 12.4 Å². The second kappa shape index (κ2) is 5.51. The van der Waals surface area contributed by atoms with Crippen LogP contribution in [-0.2, 0) is 15.8 Å². The number of carbonyl (C=O) groups excluding carboxylic acids is 1. The lowest BCUT2D eigenvalue weighted by molar-refractivity contribution is 0.0529. The third-order valence-corrected chi connectivity index (χ3v) is 1.99. The molecule has 1 aromatic rings. The normalized spacial score (nSPS) is 12.1. The summed E-state index contributed by atoms with van der Waals surface area (Å²) < 4.78 is 25.0. The van der Waals surface area contributed by atoms with Crippen LogP contribution in [0.25, 0.3) is 0 Å². The van der Waals surface area contributed by atoms with Crippen LogP contribution in [0.3, 0.4) is 0 Å². The fourth-order valence-electron chi connectivity index (χ4n) is 0.860. The minimum absolute atomic E-state index is 0.107. The van der Waals surface area contributed by atoms with Gasteiger partial charge in [0, 0.05) is 5.75 Å². The van der Waals surface area contributed by atoms with E-state index in [1.165, 1.54) is 0 Å². The van der Waals surface area contributed by atoms with Crippen molar-refractivity contribution in [2.75, 3.05) is 12.4 Å². The minimum Gasteiger partial charge on any atom is -0.772 e. The summed E-state index contributed by atoms with van der Waals surface area (Å²) in [7, 11) is 0. The number of esters is 1. The molecule has 0 aliphatic carbocycles. The Morgan fingerprint density at radius 2 is 2.00 bits per heavy atom. The molecule has 4 nitrogen and oxygen atoms in total. The second-order valence-corrected chi connectivity index (χ2v) is 3.53. The number of hydrogen-bond donors (Lipinski definition) is 0. The average molecular weight is 213 g/mol. The Kier molecular flexibility index (Phi) is 4.28. The van der Waals surface area contributed by atoms with E-state index in [9.17, 15) is 13.6 Å². The molecule has 0 spiro atoms. The molecule has 0 saturated carbocycles. The maximum absolute atomic E-state index is 11.2. The Balaban J connectivity index is 2.40. The summed E-state index contributed by atoms with van der Waals surface area (Å²) in [6, 6.07) is 8.42. The van der Waals surface area contributed by atoms with E-state index >= 15 is 0 Å². The maximum Gasteiger partial charge on any atom is 0.338 e. The molecule has 0 aromatic heterocycles. The predicted octanol–water partition coefficient (Wildman–Crippen LogP) is 0.723. The topological polar surface area (TPSA) is 66.4 Å². The van der Waals surface area contributed by atoms with Gasteiger partial charge in [-0.15, -0.1) is 0 Å². The fourth-order valence-corrected chi connectivity index (χ4v) is 1.08. The molecule has 0 aliphatic rings. The van der Waals surface area contributed by atoms with Gasteiger partial charge in [-0.2, -0.15) is 0 Å². The Hall–Kier alpha value is -1.20. The molecule has 0 bridgehead atoms. The van der Waals surface area contributed by atoms with Crippen molar-refractivity contribution in [3.05, 3.63) is 35.9 Å². The van der Waals surface area contributed by atoms with Gasteiger partial charge in [-0.1, -0.05) is 29.3 Å². The average Bonchev–Trinajstić information content (AvgIpc) is 2.18. The van der Waals surface area contributed by atoms with Crippen LogP contribution < -0.4 is 0 Å². The number of ether oxygens (including phenoxy) is 1. The summed E-state index contributed by atoms with van der Waals surface area (Å²) in [5.41, 5.74) is 0.421. The van der Waals surface area contributed by atoms with Crippen LogP contribution in [0.1, 0.15) is 10.4 Å². The van der Waals surface area contributed by atoms with Crippen molar-refractivity contribution in [2.45, 2.75) is 0 Å². The zero-order valence-corrected chi connectivity index (χ0v) is 8.16. The first-order valence-corrected chi connectivity index (χ1v) is 5.22. The molecular formula is C9H9O4S-. The highest BCUT2D eigenvalue weighted by molar-refractivity contribution is 7.79. The molecule has 76 valence electrons. The van der Waals surface area contributed by atoms with Crippen molar-refractivity contribution in [3.63, 3.8) is 0 Å². The highest BCUT2D eigenvalue weighted by Crippen LogP contribution is 2.00. The molecular weight excluding hydrogens is 204 g/mol. The summed E-state index contributed by atoms with van der Waals surface area (Å²) in [4.78, 5) is 11.2. The van der Waals surface area contributed by atoms with E-state index in [2.05, 4.69) is 0 Å². The molecule has 1 unspecified atom stereocenters. The molecule has 0 N–H and O–H groups in total. The van der Waals surface area contributed by atoms with E-state index in [1.54, 1.807) is 30.3 Å². The van der Waals surface area contributed by atoms with Crippen molar-refractivity contribution in [3.8, 4) is 0 Å². The van der Waals surface area contributed by atoms with Gasteiger partial charge in [-0.3, -0.25) is 4.21 Å². The SMILES string of the molecule is O=C(OCCS(=O)[O-])c1ccccc1. The first-order chi connectivity index (χ1) is 6.70. The van der Waals surface area contributed by atoms with E-state index in [0.29, 0.717) is 5.56 Å². The minimum atomic E-state index is -2.17. The molecule has 1 atom stereocenters. The monoisotopic (exact) mass is 213 g/mol. The predicted molar refractivity (Wildman–Crippen MR) is 50.5 cm³/mol. The van der Waals surface area contributed by atoms with Gasteiger partial charge in [0.2, 0.25) is 0 Å². The van der Waals surface area contributed by atoms with Crippen LogP contribution in [0.5, 0.6) is 0 Å². The number of hydrogen-bond acceptors (Lipinski definition) is 4. The Morgan fingerprint density at radius 3 is 2.57 bits per heavy atom. The lowest BCUT2D eigenvalue weighted by atomic mass is 10.2. The van der Waals surface area contributed by atoms with E-state index < -0.39 is 17.0 Å². The molecule has 5 heteroatoms. The summed E-state index contributed by atoms with van der Waals surface area (Å²) in [5.74, 6) is -0.672. The molecule has 1 rings (SSSR count). The van der Waals surface area contributed by atoms with Gasteiger partial charge in [-0.25, -0.2) is 4.79 Å². The van der Waals surface area contributed by atoms with Gasteiger partial charge in [-0.05, 0) is 12.1 Å². The van der Waals surface area contributed by atoms with Crippen molar-refractivity contribution in [1.82, 2.24) is 0 Å². The molecule has 0 aliphatic heterocycles. The van der Waals surface area contributed by atoms with Gasteiger partial charge in [0.1, 0.15) is 6.61 Å². The Bertz CT molecular complexity index is 323. The third kappa shape index (κ3) is 3.68. The molecule has 0 amide bonds. The Morgan fingerprint density at radius 1 is 1.36 bits per heavy atom. The molecule has 0 heterocycles. The summed E-state index contributed by atoms with van der Waals surface area (Å²) >= 11 is -2.17. The summed E-state index contributed by atoms with van der Waals surface area (Å²) in [6.45, 7) is -0.107. The lowest BCUT2D eigenvalue weighted by Gasteiger charge is -2.06. The van der Waals surface area contributed by atoms with Crippen molar-refractivity contribution in [2.24, 2.45) is 0 Å². The van der Waals surface area contributed by atoms with E-state index in [0.717, 1.165) is 0 Å². The highest BCUT2D eigenvalue weighted by atomic mass is 32.2. The van der Waals surface area contributed by atoms with Crippen molar-refractivity contribution >= 4 is 17.0 Å².